The summed E-state index contributed by atoms with van der Waals surface area (Å²) in [5, 5.41) is 5.76. The normalized spacial score (nSPS) is 12.0. The smallest absolute Gasteiger partial charge is 0.253 e. The summed E-state index contributed by atoms with van der Waals surface area (Å²) >= 11 is 6.02. The number of ether oxygens (including phenoxy) is 1. The van der Waals surface area contributed by atoms with E-state index in [-0.39, 0.29) is 39.7 Å². The second kappa shape index (κ2) is 10.5. The van der Waals surface area contributed by atoms with Gasteiger partial charge in [-0.3, -0.25) is 13.9 Å². The maximum atomic E-state index is 12.8. The van der Waals surface area contributed by atoms with Gasteiger partial charge in [-0.05, 0) is 43.7 Å². The third kappa shape index (κ3) is 6.60. The molecular weight excluding hydrogens is 442 g/mol. The predicted octanol–water partition coefficient (Wildman–Crippen LogP) is 3.28. The Labute approximate surface area is 187 Å². The Morgan fingerprint density at radius 2 is 1.87 bits per heavy atom. The number of methoxy groups -OCH3 is 1. The van der Waals surface area contributed by atoms with E-state index < -0.39 is 22.5 Å². The highest BCUT2D eigenvalue weighted by atomic mass is 35.5. The van der Waals surface area contributed by atoms with E-state index in [0.29, 0.717) is 0 Å². The predicted molar refractivity (Wildman–Crippen MR) is 122 cm³/mol. The zero-order valence-electron chi connectivity index (χ0n) is 17.8. The summed E-state index contributed by atoms with van der Waals surface area (Å²) < 4.78 is 30.9. The summed E-state index contributed by atoms with van der Waals surface area (Å²) in [6.07, 6.45) is 1.74. The van der Waals surface area contributed by atoms with Crippen molar-refractivity contribution < 1.29 is 22.7 Å². The number of amides is 2. The van der Waals surface area contributed by atoms with Crippen molar-refractivity contribution in [2.45, 2.75) is 26.3 Å². The molecule has 0 spiro atoms. The first kappa shape index (κ1) is 24.5. The van der Waals surface area contributed by atoms with Crippen LogP contribution in [0.4, 0.5) is 11.4 Å². The Bertz CT molecular complexity index is 1060. The second-order valence-corrected chi connectivity index (χ2v) is 9.31. The van der Waals surface area contributed by atoms with Gasteiger partial charge in [-0.1, -0.05) is 30.7 Å². The molecule has 168 valence electrons. The number of carbonyl (C=O) groups excluding carboxylic acids is 2. The number of nitrogens with zero attached hydrogens (tertiary/aromatic N) is 1. The molecule has 0 radical (unpaired) electrons. The first-order chi connectivity index (χ1) is 14.6. The number of carbonyl (C=O) groups is 2. The van der Waals surface area contributed by atoms with Crippen LogP contribution in [0.2, 0.25) is 5.02 Å². The number of nitrogens with one attached hydrogen (secondary N) is 2. The fourth-order valence-corrected chi connectivity index (χ4v) is 3.77. The summed E-state index contributed by atoms with van der Waals surface area (Å²) in [7, 11) is -2.46. The minimum atomic E-state index is -3.85. The number of anilines is 2. The quantitative estimate of drug-likeness (QED) is 0.588. The Morgan fingerprint density at radius 3 is 2.48 bits per heavy atom. The van der Waals surface area contributed by atoms with Gasteiger partial charge >= 0.3 is 0 Å². The van der Waals surface area contributed by atoms with E-state index >= 15 is 0 Å². The SMILES string of the molecule is CC[C@@H](C)NC(=O)c1ccccc1NC(=O)CN(c1cc(Cl)ccc1OC)S(C)(=O)=O. The lowest BCUT2D eigenvalue weighted by Gasteiger charge is -2.24. The lowest BCUT2D eigenvalue weighted by atomic mass is 10.1. The first-order valence-corrected chi connectivity index (χ1v) is 11.8. The summed E-state index contributed by atoms with van der Waals surface area (Å²) in [4.78, 5) is 25.3. The standard InChI is InChI=1S/C21H26ClN3O5S/c1-5-14(2)23-21(27)16-8-6-7-9-17(16)24-20(26)13-25(31(4,28)29)18-12-15(22)10-11-19(18)30-3/h6-12,14H,5,13H2,1-4H3,(H,23,27)(H,24,26)/t14-/m1/s1. The van der Waals surface area contributed by atoms with Gasteiger partial charge in [-0.15, -0.1) is 0 Å². The molecule has 0 aliphatic heterocycles. The summed E-state index contributed by atoms with van der Waals surface area (Å²) in [5.41, 5.74) is 0.692. The molecule has 1 atom stereocenters. The van der Waals surface area contributed by atoms with Crippen molar-refractivity contribution in [2.24, 2.45) is 0 Å². The number of rotatable bonds is 9. The summed E-state index contributed by atoms with van der Waals surface area (Å²) in [6.45, 7) is 3.29. The molecule has 0 saturated carbocycles. The van der Waals surface area contributed by atoms with Gasteiger partial charge in [0.15, 0.2) is 0 Å². The molecule has 0 aliphatic rings. The molecule has 2 rings (SSSR count). The second-order valence-electron chi connectivity index (χ2n) is 6.96. The maximum absolute atomic E-state index is 12.8. The van der Waals surface area contributed by atoms with Gasteiger partial charge in [-0.2, -0.15) is 0 Å². The zero-order chi connectivity index (χ0) is 23.2. The Morgan fingerprint density at radius 1 is 1.19 bits per heavy atom. The van der Waals surface area contributed by atoms with Crippen LogP contribution in [0.3, 0.4) is 0 Å². The van der Waals surface area contributed by atoms with E-state index in [9.17, 15) is 18.0 Å². The molecule has 0 saturated heterocycles. The number of hydrogen-bond acceptors (Lipinski definition) is 5. The van der Waals surface area contributed by atoms with E-state index in [1.165, 1.54) is 19.2 Å². The van der Waals surface area contributed by atoms with Crippen LogP contribution in [0.15, 0.2) is 42.5 Å². The van der Waals surface area contributed by atoms with E-state index in [1.807, 2.05) is 13.8 Å². The molecule has 0 aliphatic carbocycles. The molecule has 10 heteroatoms. The highest BCUT2D eigenvalue weighted by Gasteiger charge is 2.25. The average molecular weight is 468 g/mol. The average Bonchev–Trinajstić information content (AvgIpc) is 2.71. The Balaban J connectivity index is 2.30. The number of halogens is 1. The minimum absolute atomic E-state index is 0.0349. The fraction of sp³-hybridized carbons (Fsp3) is 0.333. The number of benzene rings is 2. The maximum Gasteiger partial charge on any atom is 0.253 e. The molecule has 2 amide bonds. The first-order valence-electron chi connectivity index (χ1n) is 9.57. The van der Waals surface area contributed by atoms with Gasteiger partial charge in [-0.25, -0.2) is 8.42 Å². The van der Waals surface area contributed by atoms with Crippen molar-refractivity contribution >= 4 is 44.8 Å². The molecule has 0 aromatic heterocycles. The lowest BCUT2D eigenvalue weighted by Crippen LogP contribution is -2.38. The Kier molecular flexibility index (Phi) is 8.29. The third-order valence-electron chi connectivity index (χ3n) is 4.53. The topological polar surface area (TPSA) is 105 Å². The van der Waals surface area contributed by atoms with Crippen LogP contribution >= 0.6 is 11.6 Å². The molecule has 0 heterocycles. The van der Waals surface area contributed by atoms with Gasteiger partial charge in [0, 0.05) is 11.1 Å². The fourth-order valence-electron chi connectivity index (χ4n) is 2.75. The monoisotopic (exact) mass is 467 g/mol. The van der Waals surface area contributed by atoms with Crippen molar-refractivity contribution in [1.29, 1.82) is 0 Å². The van der Waals surface area contributed by atoms with Crippen LogP contribution in [0.5, 0.6) is 5.75 Å². The Hall–Kier alpha value is -2.78. The van der Waals surface area contributed by atoms with Crippen LogP contribution in [0.25, 0.3) is 0 Å². The summed E-state index contributed by atoms with van der Waals surface area (Å²) in [6, 6.07) is 11.0. The highest BCUT2D eigenvalue weighted by Crippen LogP contribution is 2.32. The van der Waals surface area contributed by atoms with Crippen molar-refractivity contribution in [3.05, 3.63) is 53.1 Å². The third-order valence-corrected chi connectivity index (χ3v) is 5.89. The molecule has 0 fully saturated rings. The van der Waals surface area contributed by atoms with Crippen LogP contribution in [-0.2, 0) is 14.8 Å². The number of hydrogen-bond donors (Lipinski definition) is 2. The van der Waals surface area contributed by atoms with Gasteiger partial charge in [0.05, 0.1) is 30.3 Å². The molecular formula is C21H26ClN3O5S. The van der Waals surface area contributed by atoms with Gasteiger partial charge in [0.25, 0.3) is 5.91 Å². The molecule has 2 aromatic rings. The number of sulfonamides is 1. The molecule has 2 N–H and O–H groups in total. The largest absolute Gasteiger partial charge is 0.495 e. The molecule has 31 heavy (non-hydrogen) atoms. The zero-order valence-corrected chi connectivity index (χ0v) is 19.4. The minimum Gasteiger partial charge on any atom is -0.495 e. The van der Waals surface area contributed by atoms with Gasteiger partial charge in [0.2, 0.25) is 15.9 Å². The number of para-hydroxylation sites is 1. The van der Waals surface area contributed by atoms with Crippen LogP contribution in [0, 0.1) is 0 Å². The molecule has 2 aromatic carbocycles. The lowest BCUT2D eigenvalue weighted by molar-refractivity contribution is -0.114. The van der Waals surface area contributed by atoms with E-state index in [2.05, 4.69) is 10.6 Å². The van der Waals surface area contributed by atoms with Crippen molar-refractivity contribution in [3.63, 3.8) is 0 Å². The van der Waals surface area contributed by atoms with Crippen LogP contribution in [-0.4, -0.2) is 46.2 Å². The van der Waals surface area contributed by atoms with Crippen LogP contribution < -0.4 is 19.7 Å². The van der Waals surface area contributed by atoms with Crippen molar-refractivity contribution in [1.82, 2.24) is 5.32 Å². The molecule has 0 bridgehead atoms. The van der Waals surface area contributed by atoms with E-state index in [0.717, 1.165) is 17.0 Å². The highest BCUT2D eigenvalue weighted by molar-refractivity contribution is 7.92. The van der Waals surface area contributed by atoms with E-state index in [1.54, 1.807) is 30.3 Å². The van der Waals surface area contributed by atoms with Crippen molar-refractivity contribution in [2.75, 3.05) is 29.5 Å². The van der Waals surface area contributed by atoms with Gasteiger partial charge < -0.3 is 15.4 Å². The van der Waals surface area contributed by atoms with Gasteiger partial charge in [0.1, 0.15) is 12.3 Å². The summed E-state index contributed by atoms with van der Waals surface area (Å²) in [5.74, 6) is -0.714. The van der Waals surface area contributed by atoms with Crippen LogP contribution in [0.1, 0.15) is 30.6 Å². The molecule has 0 unspecified atom stereocenters. The van der Waals surface area contributed by atoms with E-state index in [4.69, 9.17) is 16.3 Å². The molecule has 8 nitrogen and oxygen atoms in total. The van der Waals surface area contributed by atoms with Crippen molar-refractivity contribution in [3.8, 4) is 5.75 Å².